The monoisotopic (exact) mass is 912 g/mol. The normalized spacial score (nSPS) is 11.8. The second-order valence-corrected chi connectivity index (χ2v) is 13.2. The van der Waals surface area contributed by atoms with Crippen molar-refractivity contribution >= 4 is 36.6 Å². The number of carbonyl (C=O) groups excluding carboxylic acids is 6. The first-order chi connectivity index (χ1) is 21.7. The molecular formula is C52H133N3O7. The minimum atomic E-state index is -1.48. The number of primary amides is 2. The number of aldehydes is 3. The zero-order chi connectivity index (χ0) is 36.1. The van der Waals surface area contributed by atoms with Crippen LogP contribution in [0.3, 0.4) is 0 Å². The zero-order valence-corrected chi connectivity index (χ0v) is 30.3. The number of hydrogen-bond donors (Lipinski definition) is 4. The van der Waals surface area contributed by atoms with Crippen molar-refractivity contribution in [3.05, 3.63) is 0 Å². The minimum absolute atomic E-state index is 0. The molecule has 0 aromatic rings. The molecule has 0 radical (unpaired) electrons. The van der Waals surface area contributed by atoms with Crippen LogP contribution < -0.4 is 16.8 Å². The number of amides is 3. The molecule has 0 aromatic carbocycles. The number of aliphatic hydroxyl groups excluding tert-OH is 1. The predicted octanol–water partition coefficient (Wildman–Crippen LogP) is 16.1. The first kappa shape index (κ1) is 124. The number of rotatable bonds is 25. The largest absolute Gasteiger partial charge is 0.369 e. The number of aliphatic hydroxyl groups is 1. The van der Waals surface area contributed by atoms with Gasteiger partial charge in [-0.05, 0) is 75.0 Å². The van der Waals surface area contributed by atoms with Gasteiger partial charge in [-0.15, -0.1) is 0 Å². The quantitative estimate of drug-likeness (QED) is 0.0398. The molecule has 0 rings (SSSR count). The molecule has 8 atom stereocenters. The van der Waals surface area contributed by atoms with E-state index >= 15 is 0 Å². The van der Waals surface area contributed by atoms with E-state index in [1.54, 1.807) is 0 Å². The molecule has 0 heterocycles. The molecule has 10 heteroatoms. The molecule has 6 N–H and O–H groups in total. The van der Waals surface area contributed by atoms with Gasteiger partial charge >= 0.3 is 0 Å². The van der Waals surface area contributed by atoms with Crippen molar-refractivity contribution in [1.82, 2.24) is 5.32 Å². The van der Waals surface area contributed by atoms with Crippen molar-refractivity contribution in [2.75, 3.05) is 0 Å². The lowest BCUT2D eigenvalue weighted by molar-refractivity contribution is -0.132. The number of nitrogens with two attached hydrogens (primary N) is 2. The van der Waals surface area contributed by atoms with Gasteiger partial charge in [0.15, 0.2) is 25.1 Å². The standard InChI is InChI=1S/C20H38N2O4.C14H29NO.C2H2O2.16CH4/c1-5-14(3)7-8-15(4)9-10-17(20(26)22-18(24)13-23)12-11-16(6-2)19(21)25;1-5-11(3)7-8-12(4)9-10-13(6-2)14(15)16;3-1-2-4;;;;;;;;;;;;;;;;/h13-18,24H,5-12H2,1-4H3,(H2,21,25)(H,22,26);11-13H,5-10H2,1-4H3,(H2,15,16);1-2H;16*1H4. The van der Waals surface area contributed by atoms with Gasteiger partial charge in [0, 0.05) is 17.8 Å². The topological polar surface area (TPSA) is 187 Å². The van der Waals surface area contributed by atoms with Crippen LogP contribution in [0.15, 0.2) is 0 Å². The van der Waals surface area contributed by atoms with Gasteiger partial charge in [0.2, 0.25) is 17.7 Å². The summed E-state index contributed by atoms with van der Waals surface area (Å²) in [5.74, 6) is 1.48. The summed E-state index contributed by atoms with van der Waals surface area (Å²) in [6.07, 6.45) is 12.8. The Kier molecular flexibility index (Phi) is 164. The summed E-state index contributed by atoms with van der Waals surface area (Å²) in [7, 11) is 0. The summed E-state index contributed by atoms with van der Waals surface area (Å²) in [4.78, 5) is 63.0. The molecule has 10 nitrogen and oxygen atoms in total. The molecule has 0 aliphatic heterocycles. The Morgan fingerprint density at radius 2 is 0.645 bits per heavy atom. The van der Waals surface area contributed by atoms with Crippen LogP contribution in [0.1, 0.15) is 264 Å². The molecular weight excluding hydrogens is 779 g/mol. The third kappa shape index (κ3) is 74.8. The minimum Gasteiger partial charge on any atom is -0.369 e. The molecule has 3 amide bonds. The summed E-state index contributed by atoms with van der Waals surface area (Å²) in [6, 6.07) is 0. The van der Waals surface area contributed by atoms with E-state index in [4.69, 9.17) is 21.1 Å². The summed E-state index contributed by atoms with van der Waals surface area (Å²) in [5.41, 5.74) is 10.7. The molecule has 0 spiro atoms. The fraction of sp³-hybridized carbons (Fsp3) is 0.885. The van der Waals surface area contributed by atoms with Crippen LogP contribution in [-0.4, -0.2) is 47.9 Å². The maximum atomic E-state index is 12.4. The van der Waals surface area contributed by atoms with Crippen molar-refractivity contribution in [3.63, 3.8) is 0 Å². The van der Waals surface area contributed by atoms with Crippen molar-refractivity contribution in [3.8, 4) is 0 Å². The molecule has 8 unspecified atom stereocenters. The van der Waals surface area contributed by atoms with E-state index in [-0.39, 0.29) is 167 Å². The van der Waals surface area contributed by atoms with Gasteiger partial charge in [-0.3, -0.25) is 28.8 Å². The van der Waals surface area contributed by atoms with Crippen LogP contribution in [-0.2, 0) is 28.8 Å². The Labute approximate surface area is 397 Å². The molecule has 62 heavy (non-hydrogen) atoms. The summed E-state index contributed by atoms with van der Waals surface area (Å²) in [5, 5.41) is 11.7. The van der Waals surface area contributed by atoms with Crippen LogP contribution in [0.4, 0.5) is 0 Å². The van der Waals surface area contributed by atoms with E-state index in [9.17, 15) is 24.3 Å². The van der Waals surface area contributed by atoms with E-state index in [0.717, 1.165) is 43.9 Å². The van der Waals surface area contributed by atoms with E-state index in [1.165, 1.54) is 32.1 Å². The molecule has 0 fully saturated rings. The molecule has 0 aliphatic carbocycles. The predicted molar refractivity (Wildman–Crippen MR) is 293 cm³/mol. The molecule has 398 valence electrons. The fourth-order valence-electron chi connectivity index (χ4n) is 5.01. The van der Waals surface area contributed by atoms with Crippen molar-refractivity contribution < 1.29 is 33.9 Å². The maximum absolute atomic E-state index is 12.4. The Morgan fingerprint density at radius 3 is 0.871 bits per heavy atom. The molecule has 0 aliphatic rings. The Morgan fingerprint density at radius 1 is 0.419 bits per heavy atom. The second kappa shape index (κ2) is 82.1. The zero-order valence-electron chi connectivity index (χ0n) is 30.3. The van der Waals surface area contributed by atoms with Crippen LogP contribution in [0.2, 0.25) is 0 Å². The average molecular weight is 913 g/mol. The van der Waals surface area contributed by atoms with Gasteiger partial charge in [-0.25, -0.2) is 0 Å². The highest BCUT2D eigenvalue weighted by Crippen LogP contribution is 2.25. The SMILES string of the molecule is C.C.C.C.C.C.C.C.C.C.C.C.C.C.C.C.CCC(C)CCC(C)CCC(CC)C(N)=O.CCC(C)CCC(C)CCC(CCC(CC)C(N)=O)C(=O)NC(O)C=O.O=CC=O. The van der Waals surface area contributed by atoms with E-state index < -0.39 is 6.23 Å². The van der Waals surface area contributed by atoms with Gasteiger partial charge in [-0.2, -0.15) is 0 Å². The van der Waals surface area contributed by atoms with Gasteiger partial charge in [0.05, 0.1) is 0 Å². The van der Waals surface area contributed by atoms with Crippen LogP contribution >= 0.6 is 0 Å². The van der Waals surface area contributed by atoms with Gasteiger partial charge in [0.1, 0.15) is 0 Å². The number of nitrogens with one attached hydrogen (secondary N) is 1. The highest BCUT2D eigenvalue weighted by Gasteiger charge is 2.24. The summed E-state index contributed by atoms with van der Waals surface area (Å²) >= 11 is 0. The van der Waals surface area contributed by atoms with E-state index in [1.807, 2.05) is 13.8 Å². The lowest BCUT2D eigenvalue weighted by atomic mass is 9.86. The Balaban J connectivity index is -0.0000000271. The van der Waals surface area contributed by atoms with Crippen LogP contribution in [0.25, 0.3) is 0 Å². The third-order valence-corrected chi connectivity index (χ3v) is 9.21. The highest BCUT2D eigenvalue weighted by molar-refractivity contribution is 6.09. The van der Waals surface area contributed by atoms with Crippen molar-refractivity contribution in [2.24, 2.45) is 52.9 Å². The molecule has 0 saturated heterocycles. The van der Waals surface area contributed by atoms with Crippen LogP contribution in [0, 0.1) is 41.4 Å². The van der Waals surface area contributed by atoms with Crippen LogP contribution in [0.5, 0.6) is 0 Å². The summed E-state index contributed by atoms with van der Waals surface area (Å²) < 4.78 is 0. The van der Waals surface area contributed by atoms with E-state index in [0.29, 0.717) is 43.8 Å². The average Bonchev–Trinajstić information content (AvgIpc) is 3.03. The van der Waals surface area contributed by atoms with Crippen molar-refractivity contribution in [1.29, 1.82) is 0 Å². The first-order valence-electron chi connectivity index (χ1n) is 17.6. The summed E-state index contributed by atoms with van der Waals surface area (Å²) in [6.45, 7) is 17.4. The van der Waals surface area contributed by atoms with E-state index in [2.05, 4.69) is 46.9 Å². The third-order valence-electron chi connectivity index (χ3n) is 9.21. The lowest BCUT2D eigenvalue weighted by Crippen LogP contribution is -2.40. The molecule has 0 saturated carbocycles. The first-order valence-corrected chi connectivity index (χ1v) is 17.6. The fourth-order valence-corrected chi connectivity index (χ4v) is 5.01. The molecule has 0 bridgehead atoms. The number of carbonyl (C=O) groups is 6. The Hall–Kier alpha value is -2.62. The van der Waals surface area contributed by atoms with Gasteiger partial charge < -0.3 is 21.9 Å². The second-order valence-electron chi connectivity index (χ2n) is 13.2. The van der Waals surface area contributed by atoms with Crippen molar-refractivity contribution in [2.45, 2.75) is 270 Å². The smallest absolute Gasteiger partial charge is 0.225 e. The maximum Gasteiger partial charge on any atom is 0.225 e. The molecule has 0 aromatic heterocycles. The van der Waals surface area contributed by atoms with Gasteiger partial charge in [-0.1, -0.05) is 213 Å². The Bertz CT molecular complexity index is 822. The number of hydrogen-bond acceptors (Lipinski definition) is 7. The van der Waals surface area contributed by atoms with Gasteiger partial charge in [0.25, 0.3) is 0 Å². The lowest BCUT2D eigenvalue weighted by Gasteiger charge is -2.21. The highest BCUT2D eigenvalue weighted by atomic mass is 16.3.